The molecule has 204 valence electrons. The van der Waals surface area contributed by atoms with Gasteiger partial charge in [0, 0.05) is 19.2 Å². The molecule has 0 aliphatic carbocycles. The number of nitrogens with zero attached hydrogens (tertiary/aromatic N) is 2. The third-order valence-electron chi connectivity index (χ3n) is 5.84. The van der Waals surface area contributed by atoms with Crippen molar-refractivity contribution in [1.82, 2.24) is 10.2 Å². The topological polar surface area (TPSA) is 114 Å². The van der Waals surface area contributed by atoms with Crippen molar-refractivity contribution < 1.29 is 32.2 Å². The first-order valence-electron chi connectivity index (χ1n) is 12.0. The van der Waals surface area contributed by atoms with E-state index >= 15 is 0 Å². The summed E-state index contributed by atoms with van der Waals surface area (Å²) < 4.78 is 42.3. The molecule has 0 radical (unpaired) electrons. The van der Waals surface area contributed by atoms with Gasteiger partial charge in [-0.15, -0.1) is 0 Å². The summed E-state index contributed by atoms with van der Waals surface area (Å²) in [6.45, 7) is 3.71. The van der Waals surface area contributed by atoms with Gasteiger partial charge in [0.1, 0.15) is 29.8 Å². The maximum Gasteiger partial charge on any atom is 0.244 e. The first-order valence-corrected chi connectivity index (χ1v) is 13.8. The monoisotopic (exact) mass is 535 g/mol. The van der Waals surface area contributed by atoms with E-state index in [0.29, 0.717) is 18.0 Å². The van der Waals surface area contributed by atoms with Crippen molar-refractivity contribution in [2.24, 2.45) is 0 Å². The van der Waals surface area contributed by atoms with Crippen molar-refractivity contribution in [2.45, 2.75) is 39.3 Å². The second-order valence-electron chi connectivity index (χ2n) is 8.50. The Labute approximate surface area is 219 Å². The van der Waals surface area contributed by atoms with E-state index in [-0.39, 0.29) is 23.9 Å². The second-order valence-corrected chi connectivity index (χ2v) is 10.4. The van der Waals surface area contributed by atoms with Gasteiger partial charge in [0.2, 0.25) is 21.8 Å². The molecule has 0 saturated carbocycles. The number of rotatable bonds is 14. The van der Waals surface area contributed by atoms with Crippen LogP contribution in [0.3, 0.4) is 0 Å². The zero-order valence-corrected chi connectivity index (χ0v) is 23.1. The molecule has 0 unspecified atom stereocenters. The van der Waals surface area contributed by atoms with Crippen molar-refractivity contribution >= 4 is 27.5 Å². The number of unbranched alkanes of at least 4 members (excludes halogenated alkanes) is 1. The molecule has 2 aromatic carbocycles. The molecule has 0 spiro atoms. The lowest BCUT2D eigenvalue weighted by atomic mass is 10.1. The lowest BCUT2D eigenvalue weighted by molar-refractivity contribution is -0.139. The Morgan fingerprint density at radius 3 is 2.14 bits per heavy atom. The molecule has 1 N–H and O–H groups in total. The highest BCUT2D eigenvalue weighted by Crippen LogP contribution is 2.33. The van der Waals surface area contributed by atoms with Gasteiger partial charge in [0.25, 0.3) is 0 Å². The number of methoxy groups -OCH3 is 3. The number of nitrogens with one attached hydrogen (secondary N) is 1. The third-order valence-corrected chi connectivity index (χ3v) is 6.97. The van der Waals surface area contributed by atoms with Crippen LogP contribution in [-0.2, 0) is 26.2 Å². The summed E-state index contributed by atoms with van der Waals surface area (Å²) in [7, 11) is 0.545. The van der Waals surface area contributed by atoms with E-state index in [1.165, 1.54) is 31.3 Å². The summed E-state index contributed by atoms with van der Waals surface area (Å²) in [5.41, 5.74) is 0.943. The van der Waals surface area contributed by atoms with Crippen LogP contribution in [0.15, 0.2) is 42.5 Å². The lowest BCUT2D eigenvalue weighted by Crippen LogP contribution is -2.51. The lowest BCUT2D eigenvalue weighted by Gasteiger charge is -2.32. The molecule has 0 bridgehead atoms. The van der Waals surface area contributed by atoms with E-state index in [2.05, 4.69) is 5.32 Å². The minimum Gasteiger partial charge on any atom is -0.497 e. The number of carbonyl (C=O) groups excluding carboxylic acids is 2. The standard InChI is InChI=1S/C26H37N3O7S/c1-7-8-15-27-26(31)19(2)28(17-20-9-11-21(34-3)12-10-20)25(30)18-29(37(6,32)33)23-14-13-22(35-4)16-24(23)36-5/h9-14,16,19H,7-8,15,17-18H2,1-6H3,(H,27,31)/t19-/m0/s1. The molecular weight excluding hydrogens is 498 g/mol. The molecule has 0 saturated heterocycles. The van der Waals surface area contributed by atoms with Gasteiger partial charge < -0.3 is 24.4 Å². The fraction of sp³-hybridized carbons (Fsp3) is 0.462. The van der Waals surface area contributed by atoms with Crippen molar-refractivity contribution in [2.75, 3.05) is 45.0 Å². The van der Waals surface area contributed by atoms with Gasteiger partial charge in [-0.1, -0.05) is 25.5 Å². The molecule has 10 nitrogen and oxygen atoms in total. The molecule has 2 rings (SSSR count). The number of carbonyl (C=O) groups is 2. The van der Waals surface area contributed by atoms with Crippen LogP contribution in [0.25, 0.3) is 0 Å². The molecule has 0 aliphatic heterocycles. The number of sulfonamides is 1. The van der Waals surface area contributed by atoms with Crippen LogP contribution < -0.4 is 23.8 Å². The average molecular weight is 536 g/mol. The minimum atomic E-state index is -3.90. The number of amides is 2. The Morgan fingerprint density at radius 2 is 1.59 bits per heavy atom. The fourth-order valence-electron chi connectivity index (χ4n) is 3.63. The molecule has 1 atom stereocenters. The summed E-state index contributed by atoms with van der Waals surface area (Å²) >= 11 is 0. The maximum absolute atomic E-state index is 13.6. The van der Waals surface area contributed by atoms with E-state index in [1.807, 2.05) is 6.92 Å². The molecule has 11 heteroatoms. The van der Waals surface area contributed by atoms with Gasteiger partial charge in [0.15, 0.2) is 0 Å². The second kappa shape index (κ2) is 13.7. The molecule has 0 aliphatic rings. The first kappa shape index (κ1) is 29.8. The number of hydrogen-bond donors (Lipinski definition) is 1. The number of hydrogen-bond acceptors (Lipinski definition) is 7. The van der Waals surface area contributed by atoms with E-state index in [9.17, 15) is 18.0 Å². The average Bonchev–Trinajstić information content (AvgIpc) is 2.89. The molecular formula is C26H37N3O7S. The van der Waals surface area contributed by atoms with E-state index < -0.39 is 28.5 Å². The Hall–Kier alpha value is -3.47. The van der Waals surface area contributed by atoms with E-state index in [1.54, 1.807) is 44.4 Å². The van der Waals surface area contributed by atoms with Gasteiger partial charge >= 0.3 is 0 Å². The van der Waals surface area contributed by atoms with Crippen LogP contribution in [0.2, 0.25) is 0 Å². The fourth-order valence-corrected chi connectivity index (χ4v) is 4.49. The SMILES string of the molecule is CCCCNC(=O)[C@H](C)N(Cc1ccc(OC)cc1)C(=O)CN(c1ccc(OC)cc1OC)S(C)(=O)=O. The molecule has 2 aromatic rings. The van der Waals surface area contributed by atoms with Crippen molar-refractivity contribution in [3.8, 4) is 17.2 Å². The highest BCUT2D eigenvalue weighted by Gasteiger charge is 2.31. The van der Waals surface area contributed by atoms with Crippen molar-refractivity contribution in [3.63, 3.8) is 0 Å². The van der Waals surface area contributed by atoms with E-state index in [4.69, 9.17) is 14.2 Å². The molecule has 0 aromatic heterocycles. The van der Waals surface area contributed by atoms with Crippen LogP contribution in [0.4, 0.5) is 5.69 Å². The maximum atomic E-state index is 13.6. The summed E-state index contributed by atoms with van der Waals surface area (Å²) in [5.74, 6) is 0.492. The minimum absolute atomic E-state index is 0.0997. The molecule has 2 amide bonds. The summed E-state index contributed by atoms with van der Waals surface area (Å²) in [5, 5.41) is 2.85. The van der Waals surface area contributed by atoms with Crippen LogP contribution in [-0.4, -0.2) is 71.8 Å². The van der Waals surface area contributed by atoms with Crippen LogP contribution in [0.1, 0.15) is 32.3 Å². The van der Waals surface area contributed by atoms with Crippen LogP contribution >= 0.6 is 0 Å². The van der Waals surface area contributed by atoms with Crippen LogP contribution in [0, 0.1) is 0 Å². The third kappa shape index (κ3) is 8.28. The number of benzene rings is 2. The predicted molar refractivity (Wildman–Crippen MR) is 143 cm³/mol. The van der Waals surface area contributed by atoms with Crippen molar-refractivity contribution in [3.05, 3.63) is 48.0 Å². The Morgan fingerprint density at radius 1 is 0.973 bits per heavy atom. The summed E-state index contributed by atoms with van der Waals surface area (Å²) in [6.07, 6.45) is 2.73. The molecule has 37 heavy (non-hydrogen) atoms. The summed E-state index contributed by atoms with van der Waals surface area (Å²) in [6, 6.07) is 10.9. The highest BCUT2D eigenvalue weighted by atomic mass is 32.2. The van der Waals surface area contributed by atoms with Gasteiger partial charge in [-0.3, -0.25) is 13.9 Å². The summed E-state index contributed by atoms with van der Waals surface area (Å²) in [4.78, 5) is 27.9. The predicted octanol–water partition coefficient (Wildman–Crippen LogP) is 2.81. The van der Waals surface area contributed by atoms with Crippen molar-refractivity contribution in [1.29, 1.82) is 0 Å². The Balaban J connectivity index is 2.42. The van der Waals surface area contributed by atoms with Gasteiger partial charge in [-0.25, -0.2) is 8.42 Å². The Kier molecular flexibility index (Phi) is 11.0. The van der Waals surface area contributed by atoms with Gasteiger partial charge in [0.05, 0.1) is 33.3 Å². The Bertz CT molecular complexity index is 1150. The largest absolute Gasteiger partial charge is 0.497 e. The van der Waals surface area contributed by atoms with Crippen LogP contribution in [0.5, 0.6) is 17.2 Å². The number of ether oxygens (including phenoxy) is 3. The normalized spacial score (nSPS) is 11.8. The zero-order chi connectivity index (χ0) is 27.6. The zero-order valence-electron chi connectivity index (χ0n) is 22.3. The van der Waals surface area contributed by atoms with E-state index in [0.717, 1.165) is 29.0 Å². The smallest absolute Gasteiger partial charge is 0.244 e. The number of anilines is 1. The quantitative estimate of drug-likeness (QED) is 0.370. The van der Waals surface area contributed by atoms with Gasteiger partial charge in [-0.05, 0) is 43.2 Å². The van der Waals surface area contributed by atoms with Gasteiger partial charge in [-0.2, -0.15) is 0 Å². The first-order chi connectivity index (χ1) is 17.5. The highest BCUT2D eigenvalue weighted by molar-refractivity contribution is 7.92. The molecule has 0 heterocycles. The molecule has 0 fully saturated rings.